The molecule has 6 atom stereocenters. The van der Waals surface area contributed by atoms with E-state index in [1.807, 2.05) is 13.8 Å². The molecule has 0 aromatic carbocycles. The average Bonchev–Trinajstić information content (AvgIpc) is 3.44. The number of carbonyl (C=O) groups excluding carboxylic acids is 3. The lowest BCUT2D eigenvalue weighted by Crippen LogP contribution is -2.59. The zero-order chi connectivity index (χ0) is 25.0. The van der Waals surface area contributed by atoms with Gasteiger partial charge in [0.15, 0.2) is 0 Å². The summed E-state index contributed by atoms with van der Waals surface area (Å²) in [6.45, 7) is 14.2. The van der Waals surface area contributed by atoms with Gasteiger partial charge in [0.2, 0.25) is 11.8 Å². The topological polar surface area (TPSA) is 96.4 Å². The number of likely N-dealkylation sites (tertiary alicyclic amines) is 1. The van der Waals surface area contributed by atoms with Crippen molar-refractivity contribution >= 4 is 17.8 Å². The molecular formula is C26H40N2O6. The highest BCUT2D eigenvalue weighted by molar-refractivity contribution is 5.98. The Balaban J connectivity index is 2.03. The minimum Gasteiger partial charge on any atom is -0.465 e. The van der Waals surface area contributed by atoms with Crippen molar-refractivity contribution in [2.45, 2.75) is 76.7 Å². The lowest BCUT2D eigenvalue weighted by atomic mass is 9.70. The summed E-state index contributed by atoms with van der Waals surface area (Å²) in [5.41, 5.74) is -1.09. The van der Waals surface area contributed by atoms with Crippen molar-refractivity contribution in [2.24, 2.45) is 17.8 Å². The number of fused-ring (bicyclic) bond motifs is 1. The summed E-state index contributed by atoms with van der Waals surface area (Å²) in [6.07, 6.45) is 6.28. The molecule has 190 valence electrons. The number of aliphatic hydroxyl groups is 1. The van der Waals surface area contributed by atoms with Crippen LogP contribution in [0.25, 0.3) is 0 Å². The van der Waals surface area contributed by atoms with Crippen LogP contribution in [-0.2, 0) is 23.9 Å². The SMILES string of the molecule is C=CCCOC(=O)[C@@H]1[C@@H]2CCC3(O2)C(C(=O)N(CC=C)CCCC)N([C@@H](CO)C(C)C)C(=O)[C@H]13. The molecule has 34 heavy (non-hydrogen) atoms. The molecule has 0 radical (unpaired) electrons. The molecule has 8 heteroatoms. The number of nitrogens with zero attached hydrogens (tertiary/aromatic N) is 2. The Morgan fingerprint density at radius 1 is 1.35 bits per heavy atom. The third-order valence-electron chi connectivity index (χ3n) is 7.57. The van der Waals surface area contributed by atoms with E-state index in [1.165, 1.54) is 4.90 Å². The zero-order valence-corrected chi connectivity index (χ0v) is 20.8. The van der Waals surface area contributed by atoms with Crippen LogP contribution in [0.3, 0.4) is 0 Å². The highest BCUT2D eigenvalue weighted by Crippen LogP contribution is 2.59. The van der Waals surface area contributed by atoms with Gasteiger partial charge in [-0.05, 0) is 31.6 Å². The van der Waals surface area contributed by atoms with Crippen molar-refractivity contribution in [3.63, 3.8) is 0 Å². The number of aliphatic hydroxyl groups excluding tert-OH is 1. The predicted octanol–water partition coefficient (Wildman–Crippen LogP) is 2.31. The summed E-state index contributed by atoms with van der Waals surface area (Å²) in [5.74, 6) is -2.59. The number of amides is 2. The van der Waals surface area contributed by atoms with Crippen LogP contribution in [0.4, 0.5) is 0 Å². The van der Waals surface area contributed by atoms with Gasteiger partial charge in [0.1, 0.15) is 11.6 Å². The standard InChI is InChI=1S/C26H40N2O6/c1-6-9-14-27(13-8-3)24(31)22-26-12-11-19(34-26)20(25(32)33-15-10-7-2)21(26)23(30)28(22)18(16-29)17(4)5/h7-8,17-22,29H,2-3,6,9-16H2,1,4-5H3/t18-,19-,20+,21-,22?,26?/m0/s1. The van der Waals surface area contributed by atoms with Crippen LogP contribution in [0.1, 0.15) is 52.9 Å². The maximum absolute atomic E-state index is 14.0. The number of esters is 1. The average molecular weight is 477 g/mol. The molecule has 0 aromatic rings. The summed E-state index contributed by atoms with van der Waals surface area (Å²) < 4.78 is 11.9. The van der Waals surface area contributed by atoms with Crippen LogP contribution in [-0.4, -0.2) is 82.8 Å². The maximum Gasteiger partial charge on any atom is 0.312 e. The molecule has 3 aliphatic rings. The molecule has 8 nitrogen and oxygen atoms in total. The molecule has 0 saturated carbocycles. The van der Waals surface area contributed by atoms with Crippen molar-refractivity contribution in [1.82, 2.24) is 9.80 Å². The van der Waals surface area contributed by atoms with Crippen molar-refractivity contribution in [3.05, 3.63) is 25.3 Å². The van der Waals surface area contributed by atoms with Gasteiger partial charge in [-0.2, -0.15) is 0 Å². The molecule has 3 saturated heterocycles. The Kier molecular flexibility index (Phi) is 8.57. The molecule has 0 aromatic heterocycles. The number of carbonyl (C=O) groups is 3. The highest BCUT2D eigenvalue weighted by Gasteiger charge is 2.75. The van der Waals surface area contributed by atoms with E-state index in [1.54, 1.807) is 17.1 Å². The van der Waals surface area contributed by atoms with E-state index >= 15 is 0 Å². The first-order valence-electron chi connectivity index (χ1n) is 12.6. The smallest absolute Gasteiger partial charge is 0.312 e. The van der Waals surface area contributed by atoms with Gasteiger partial charge in [-0.25, -0.2) is 0 Å². The number of rotatable bonds is 13. The molecule has 3 heterocycles. The number of unbranched alkanes of at least 4 members (excludes halogenated alkanes) is 1. The van der Waals surface area contributed by atoms with Gasteiger partial charge in [0.05, 0.1) is 37.2 Å². The lowest BCUT2D eigenvalue weighted by Gasteiger charge is -2.40. The normalized spacial score (nSPS) is 30.4. The largest absolute Gasteiger partial charge is 0.465 e. The van der Waals surface area contributed by atoms with Gasteiger partial charge in [-0.1, -0.05) is 39.3 Å². The van der Waals surface area contributed by atoms with Crippen LogP contribution >= 0.6 is 0 Å². The van der Waals surface area contributed by atoms with E-state index in [4.69, 9.17) is 9.47 Å². The van der Waals surface area contributed by atoms with E-state index < -0.39 is 41.6 Å². The van der Waals surface area contributed by atoms with Gasteiger partial charge in [-0.15, -0.1) is 13.2 Å². The van der Waals surface area contributed by atoms with Crippen LogP contribution in [0.5, 0.6) is 0 Å². The van der Waals surface area contributed by atoms with Crippen molar-refractivity contribution in [3.8, 4) is 0 Å². The van der Waals surface area contributed by atoms with Gasteiger partial charge in [0.25, 0.3) is 0 Å². The molecule has 1 spiro atoms. The fourth-order valence-electron chi connectivity index (χ4n) is 5.92. The molecule has 3 fully saturated rings. The Morgan fingerprint density at radius 2 is 2.09 bits per heavy atom. The second-order valence-corrected chi connectivity index (χ2v) is 9.97. The van der Waals surface area contributed by atoms with Crippen molar-refractivity contribution in [1.29, 1.82) is 0 Å². The van der Waals surface area contributed by atoms with Crippen LogP contribution < -0.4 is 0 Å². The molecule has 3 rings (SSSR count). The molecule has 0 aliphatic carbocycles. The maximum atomic E-state index is 14.0. The summed E-state index contributed by atoms with van der Waals surface area (Å²) in [5, 5.41) is 10.2. The zero-order valence-electron chi connectivity index (χ0n) is 20.8. The fraction of sp³-hybridized carbons (Fsp3) is 0.731. The van der Waals surface area contributed by atoms with Crippen molar-refractivity contribution < 1.29 is 29.0 Å². The highest BCUT2D eigenvalue weighted by atomic mass is 16.6. The van der Waals surface area contributed by atoms with E-state index in [0.29, 0.717) is 32.4 Å². The Bertz CT molecular complexity index is 798. The molecule has 2 amide bonds. The number of hydrogen-bond acceptors (Lipinski definition) is 6. The van der Waals surface area contributed by atoms with E-state index in [2.05, 4.69) is 20.1 Å². The van der Waals surface area contributed by atoms with Crippen molar-refractivity contribution in [2.75, 3.05) is 26.3 Å². The van der Waals surface area contributed by atoms with Gasteiger partial charge in [-0.3, -0.25) is 14.4 Å². The molecule has 1 N–H and O–H groups in total. The summed E-state index contributed by atoms with van der Waals surface area (Å²) >= 11 is 0. The Hall–Kier alpha value is -2.19. The first-order valence-corrected chi connectivity index (χ1v) is 12.6. The Labute approximate surface area is 202 Å². The monoisotopic (exact) mass is 476 g/mol. The summed E-state index contributed by atoms with van der Waals surface area (Å²) in [7, 11) is 0. The Morgan fingerprint density at radius 3 is 2.68 bits per heavy atom. The van der Waals surface area contributed by atoms with E-state index in [-0.39, 0.29) is 30.9 Å². The molecule has 2 bridgehead atoms. The third kappa shape index (κ3) is 4.42. The fourth-order valence-corrected chi connectivity index (χ4v) is 5.92. The number of ether oxygens (including phenoxy) is 2. The second kappa shape index (κ2) is 11.0. The summed E-state index contributed by atoms with van der Waals surface area (Å²) in [6, 6.07) is -1.45. The van der Waals surface area contributed by atoms with Crippen LogP contribution in [0.2, 0.25) is 0 Å². The van der Waals surface area contributed by atoms with Crippen LogP contribution in [0.15, 0.2) is 25.3 Å². The summed E-state index contributed by atoms with van der Waals surface area (Å²) in [4.78, 5) is 44.3. The molecule has 2 unspecified atom stereocenters. The third-order valence-corrected chi connectivity index (χ3v) is 7.57. The first kappa shape index (κ1) is 26.4. The minimum atomic E-state index is -1.09. The number of hydrogen-bond donors (Lipinski definition) is 1. The van der Waals surface area contributed by atoms with Gasteiger partial charge < -0.3 is 24.4 Å². The quantitative estimate of drug-likeness (QED) is 0.249. The van der Waals surface area contributed by atoms with E-state index in [9.17, 15) is 19.5 Å². The molecule has 3 aliphatic heterocycles. The minimum absolute atomic E-state index is 0.0850. The first-order chi connectivity index (χ1) is 16.3. The van der Waals surface area contributed by atoms with Gasteiger partial charge >= 0.3 is 5.97 Å². The molecular weight excluding hydrogens is 436 g/mol. The second-order valence-electron chi connectivity index (χ2n) is 9.97. The van der Waals surface area contributed by atoms with E-state index in [0.717, 1.165) is 12.8 Å². The van der Waals surface area contributed by atoms with Crippen LogP contribution in [0, 0.1) is 17.8 Å². The lowest BCUT2D eigenvalue weighted by molar-refractivity contribution is -0.157. The van der Waals surface area contributed by atoms with Gasteiger partial charge in [0, 0.05) is 13.1 Å². The predicted molar refractivity (Wildman–Crippen MR) is 128 cm³/mol.